The molecule has 13 heteroatoms. The van der Waals surface area contributed by atoms with Crippen LogP contribution < -0.4 is 31.9 Å². The minimum atomic E-state index is -2.09. The standard InChI is InChI=1S/C35H38N7O2PS2.Cu/c1-26(33(40-41-34(46)36-3)28-19-21-29(22-20-28)38-27(2)43)39-42-35(47)37-23-24-44-25-45(30-13-7-4-8-14-30,31-15-9-5-10-16-31)32-17-11-6-12-18-32;/h4-22H,23-25H2,1-3H3,(H4-,36,37,38,39,40,41,42,43,46,47);/q;+2/p-1. The van der Waals surface area contributed by atoms with Gasteiger partial charge in [-0.3, -0.25) is 4.79 Å². The van der Waals surface area contributed by atoms with E-state index in [1.165, 1.54) is 22.8 Å². The first-order valence-corrected chi connectivity index (χ1v) is 17.7. The van der Waals surface area contributed by atoms with Crippen molar-refractivity contribution in [1.82, 2.24) is 10.6 Å². The van der Waals surface area contributed by atoms with Gasteiger partial charge in [-0.2, -0.15) is 15.3 Å². The Kier molecular flexibility index (Phi) is 15.8. The minimum absolute atomic E-state index is 0. The number of anilines is 1. The fourth-order valence-corrected chi connectivity index (χ4v) is 8.72. The number of amidine groups is 2. The van der Waals surface area contributed by atoms with Crippen LogP contribution in [0.5, 0.6) is 0 Å². The van der Waals surface area contributed by atoms with E-state index in [2.05, 4.69) is 109 Å². The van der Waals surface area contributed by atoms with Crippen molar-refractivity contribution in [2.75, 3.05) is 31.9 Å². The summed E-state index contributed by atoms with van der Waals surface area (Å²) in [6.45, 7) is 4.08. The van der Waals surface area contributed by atoms with Crippen LogP contribution in [0, 0.1) is 0 Å². The Morgan fingerprint density at radius 3 is 1.69 bits per heavy atom. The van der Waals surface area contributed by atoms with Crippen LogP contribution >= 0.6 is 7.26 Å². The summed E-state index contributed by atoms with van der Waals surface area (Å²) in [5.74, 6) is -0.159. The number of amides is 1. The van der Waals surface area contributed by atoms with Gasteiger partial charge < -0.3 is 45.9 Å². The van der Waals surface area contributed by atoms with E-state index in [-0.39, 0.29) is 33.3 Å². The van der Waals surface area contributed by atoms with Crippen LogP contribution in [0.4, 0.5) is 5.69 Å². The quantitative estimate of drug-likeness (QED) is 0.0358. The first kappa shape index (κ1) is 38.4. The maximum absolute atomic E-state index is 11.4. The number of rotatable bonds is 13. The molecule has 0 bridgehead atoms. The molecule has 0 atom stereocenters. The molecule has 0 saturated carbocycles. The molecular formula is C35H37CuN7O2PS2+. The van der Waals surface area contributed by atoms with E-state index in [9.17, 15) is 4.79 Å². The van der Waals surface area contributed by atoms with Crippen LogP contribution in [0.2, 0.25) is 0 Å². The second-order valence-corrected chi connectivity index (χ2v) is 14.4. The van der Waals surface area contributed by atoms with Gasteiger partial charge in [-0.25, -0.2) is 0 Å². The Hall–Kier alpha value is -4.02. The molecule has 0 heterocycles. The zero-order chi connectivity index (χ0) is 33.5. The Labute approximate surface area is 304 Å². The van der Waals surface area contributed by atoms with Gasteiger partial charge >= 0.3 is 17.1 Å². The van der Waals surface area contributed by atoms with E-state index >= 15 is 0 Å². The molecule has 0 saturated heterocycles. The van der Waals surface area contributed by atoms with Crippen molar-refractivity contribution < 1.29 is 26.6 Å². The fourth-order valence-electron chi connectivity index (χ4n) is 4.75. The average molecular weight is 746 g/mol. The zero-order valence-electron chi connectivity index (χ0n) is 26.8. The van der Waals surface area contributed by atoms with E-state index in [0.717, 1.165) is 0 Å². The molecule has 1 amide bonds. The van der Waals surface area contributed by atoms with Crippen LogP contribution in [0.25, 0.3) is 0 Å². The third kappa shape index (κ3) is 10.8. The van der Waals surface area contributed by atoms with Gasteiger partial charge in [0.1, 0.15) is 28.9 Å². The van der Waals surface area contributed by atoms with Crippen molar-refractivity contribution in [3.8, 4) is 0 Å². The molecule has 1 radical (unpaired) electrons. The van der Waals surface area contributed by atoms with E-state index < -0.39 is 7.26 Å². The van der Waals surface area contributed by atoms with Crippen LogP contribution in [-0.2, 0) is 51.9 Å². The summed E-state index contributed by atoms with van der Waals surface area (Å²) in [5.41, 5.74) is 2.30. The summed E-state index contributed by atoms with van der Waals surface area (Å²) in [4.78, 5) is 11.4. The SMILES string of the molecule is CN/C([S-])=N/N=C(/C(C)=N/N=C(\[S-])NCCOC[P+](c1ccccc1)(c1ccccc1)c1ccccc1)c1ccc(NC(C)=O)cc1.[Cu+2]. The second-order valence-electron chi connectivity index (χ2n) is 10.2. The van der Waals surface area contributed by atoms with Crippen molar-refractivity contribution in [3.63, 3.8) is 0 Å². The largest absolute Gasteiger partial charge is 2.00 e. The molecule has 0 aliphatic rings. The van der Waals surface area contributed by atoms with Gasteiger partial charge in [-0.15, -0.1) is 5.10 Å². The van der Waals surface area contributed by atoms with Gasteiger partial charge in [-0.1, -0.05) is 66.7 Å². The third-order valence-corrected chi connectivity index (χ3v) is 11.6. The summed E-state index contributed by atoms with van der Waals surface area (Å²) in [6, 6.07) is 38.9. The molecule has 4 aromatic carbocycles. The maximum Gasteiger partial charge on any atom is 2.00 e. The van der Waals surface area contributed by atoms with Crippen LogP contribution in [0.15, 0.2) is 136 Å². The van der Waals surface area contributed by atoms with E-state index in [1.807, 2.05) is 18.2 Å². The van der Waals surface area contributed by atoms with Crippen LogP contribution in [-0.4, -0.2) is 54.2 Å². The molecule has 3 N–H and O–H groups in total. The van der Waals surface area contributed by atoms with Gasteiger partial charge in [0.25, 0.3) is 0 Å². The molecule has 4 aromatic rings. The summed E-state index contributed by atoms with van der Waals surface area (Å²) in [5, 5.41) is 29.7. The summed E-state index contributed by atoms with van der Waals surface area (Å²) in [6.07, 6.45) is 0.534. The number of ether oxygens (including phenoxy) is 1. The maximum atomic E-state index is 11.4. The number of hydrogen-bond acceptors (Lipinski definition) is 8. The second kappa shape index (κ2) is 19.7. The van der Waals surface area contributed by atoms with E-state index in [4.69, 9.17) is 30.0 Å². The molecule has 0 aliphatic heterocycles. The summed E-state index contributed by atoms with van der Waals surface area (Å²) in [7, 11) is -0.428. The number of carbonyl (C=O) groups is 1. The first-order chi connectivity index (χ1) is 22.8. The topological polar surface area (TPSA) is 112 Å². The zero-order valence-corrected chi connectivity index (χ0v) is 30.2. The molecule has 0 fully saturated rings. The van der Waals surface area contributed by atoms with Gasteiger partial charge in [-0.05, 0) is 65.8 Å². The smallest absolute Gasteiger partial charge is 0.741 e. The molecule has 0 aliphatic carbocycles. The van der Waals surface area contributed by atoms with Crippen LogP contribution in [0.3, 0.4) is 0 Å². The van der Waals surface area contributed by atoms with Gasteiger partial charge in [0, 0.05) is 31.8 Å². The number of nitrogens with zero attached hydrogens (tertiary/aromatic N) is 4. The normalized spacial score (nSPS) is 12.6. The van der Waals surface area contributed by atoms with E-state index in [0.29, 0.717) is 42.2 Å². The number of nitrogens with one attached hydrogen (secondary N) is 3. The minimum Gasteiger partial charge on any atom is -0.741 e. The predicted molar refractivity (Wildman–Crippen MR) is 203 cm³/mol. The predicted octanol–water partition coefficient (Wildman–Crippen LogP) is 4.31. The van der Waals surface area contributed by atoms with Crippen molar-refractivity contribution >= 4 is 81.8 Å². The Balaban J connectivity index is 0.00000625. The molecule has 48 heavy (non-hydrogen) atoms. The van der Waals surface area contributed by atoms with Gasteiger partial charge in [0.2, 0.25) is 5.91 Å². The fraction of sp³-hybridized carbons (Fsp3) is 0.171. The molecule has 9 nitrogen and oxygen atoms in total. The molecular weight excluding hydrogens is 709 g/mol. The molecule has 251 valence electrons. The number of carbonyl (C=O) groups excluding carboxylic acids is 1. The Morgan fingerprint density at radius 2 is 1.21 bits per heavy atom. The van der Waals surface area contributed by atoms with Crippen molar-refractivity contribution in [2.24, 2.45) is 20.4 Å². The Morgan fingerprint density at radius 1 is 0.708 bits per heavy atom. The molecule has 4 rings (SSSR count). The average Bonchev–Trinajstić information content (AvgIpc) is 3.10. The van der Waals surface area contributed by atoms with Crippen LogP contribution in [0.1, 0.15) is 19.4 Å². The number of benzene rings is 4. The summed E-state index contributed by atoms with van der Waals surface area (Å²) < 4.78 is 6.41. The monoisotopic (exact) mass is 745 g/mol. The van der Waals surface area contributed by atoms with Gasteiger partial charge in [0.15, 0.2) is 6.35 Å². The molecule has 0 aromatic heterocycles. The van der Waals surface area contributed by atoms with Crippen molar-refractivity contribution in [2.45, 2.75) is 13.8 Å². The molecule has 0 unspecified atom stereocenters. The van der Waals surface area contributed by atoms with Crippen molar-refractivity contribution in [3.05, 3.63) is 121 Å². The van der Waals surface area contributed by atoms with Crippen molar-refractivity contribution in [1.29, 1.82) is 0 Å². The Bertz CT molecular complexity index is 1630. The third-order valence-electron chi connectivity index (χ3n) is 6.97. The first-order valence-electron chi connectivity index (χ1n) is 14.9. The van der Waals surface area contributed by atoms with E-state index in [1.54, 1.807) is 38.2 Å². The number of hydrogen-bond donors (Lipinski definition) is 3. The van der Waals surface area contributed by atoms with Gasteiger partial charge in [0.05, 0.1) is 12.3 Å². The summed E-state index contributed by atoms with van der Waals surface area (Å²) >= 11 is 10.6. The molecule has 0 spiro atoms.